The van der Waals surface area contributed by atoms with Crippen molar-refractivity contribution in [2.75, 3.05) is 19.6 Å². The Bertz CT molecular complexity index is 1070. The van der Waals surface area contributed by atoms with Crippen LogP contribution < -0.4 is 20.7 Å². The molecule has 0 bridgehead atoms. The SMILES string of the molecule is CC(CC1(Oc2ccc(C(=O)NC3CCC(=O)NC3=O)nc2)CCC1)NCC1CCN(C(=O)OC(C)(C)C)CC1. The molecule has 40 heavy (non-hydrogen) atoms. The van der Waals surface area contributed by atoms with E-state index >= 15 is 0 Å². The van der Waals surface area contributed by atoms with Crippen molar-refractivity contribution in [3.63, 3.8) is 0 Å². The molecule has 2 saturated heterocycles. The fourth-order valence-corrected chi connectivity index (χ4v) is 5.45. The highest BCUT2D eigenvalue weighted by molar-refractivity contribution is 6.03. The van der Waals surface area contributed by atoms with Gasteiger partial charge in [-0.25, -0.2) is 9.78 Å². The Kier molecular flexibility index (Phi) is 9.33. The number of imide groups is 1. The van der Waals surface area contributed by atoms with E-state index in [0.717, 1.165) is 58.2 Å². The molecule has 2 unspecified atom stereocenters. The van der Waals surface area contributed by atoms with Crippen LogP contribution >= 0.6 is 0 Å². The third-order valence-electron chi connectivity index (χ3n) is 7.81. The van der Waals surface area contributed by atoms with E-state index in [9.17, 15) is 19.2 Å². The summed E-state index contributed by atoms with van der Waals surface area (Å²) in [5, 5.41) is 8.55. The monoisotopic (exact) mass is 557 g/mol. The van der Waals surface area contributed by atoms with Crippen LogP contribution in [0, 0.1) is 5.92 Å². The molecule has 3 fully saturated rings. The summed E-state index contributed by atoms with van der Waals surface area (Å²) in [6.45, 7) is 10.2. The van der Waals surface area contributed by atoms with Crippen LogP contribution in [0.5, 0.6) is 5.75 Å². The van der Waals surface area contributed by atoms with Crippen molar-refractivity contribution in [2.45, 2.75) is 102 Å². The van der Waals surface area contributed by atoms with Crippen molar-refractivity contribution < 1.29 is 28.7 Å². The molecular weight excluding hydrogens is 514 g/mol. The van der Waals surface area contributed by atoms with E-state index < -0.39 is 23.5 Å². The van der Waals surface area contributed by atoms with Gasteiger partial charge in [-0.2, -0.15) is 0 Å². The minimum atomic E-state index is -0.743. The van der Waals surface area contributed by atoms with Crippen molar-refractivity contribution in [1.82, 2.24) is 25.8 Å². The summed E-state index contributed by atoms with van der Waals surface area (Å²) in [4.78, 5) is 54.1. The Morgan fingerprint density at radius 2 is 1.90 bits per heavy atom. The Labute approximate surface area is 236 Å². The number of nitrogens with zero attached hydrogens (tertiary/aromatic N) is 2. The Balaban J connectivity index is 1.21. The van der Waals surface area contributed by atoms with E-state index in [4.69, 9.17) is 9.47 Å². The number of likely N-dealkylation sites (tertiary alicyclic amines) is 1. The fourth-order valence-electron chi connectivity index (χ4n) is 5.45. The lowest BCUT2D eigenvalue weighted by molar-refractivity contribution is -0.134. The molecule has 4 amide bonds. The predicted octanol–water partition coefficient (Wildman–Crippen LogP) is 2.93. The summed E-state index contributed by atoms with van der Waals surface area (Å²) in [7, 11) is 0. The van der Waals surface area contributed by atoms with Crippen LogP contribution in [0.25, 0.3) is 0 Å². The first-order valence-electron chi connectivity index (χ1n) is 14.4. The summed E-state index contributed by atoms with van der Waals surface area (Å²) in [6.07, 6.45) is 7.60. The van der Waals surface area contributed by atoms with Crippen molar-refractivity contribution in [3.8, 4) is 5.75 Å². The highest BCUT2D eigenvalue weighted by Gasteiger charge is 2.41. The maximum atomic E-state index is 12.5. The summed E-state index contributed by atoms with van der Waals surface area (Å²) in [5.74, 6) is -0.161. The number of ether oxygens (including phenoxy) is 2. The number of piperidine rings is 2. The molecule has 3 N–H and O–H groups in total. The molecule has 1 aliphatic carbocycles. The fraction of sp³-hybridized carbons (Fsp3) is 0.690. The molecule has 2 aliphatic heterocycles. The number of pyridine rings is 1. The second-order valence-electron chi connectivity index (χ2n) is 12.4. The summed E-state index contributed by atoms with van der Waals surface area (Å²) < 4.78 is 11.9. The largest absolute Gasteiger partial charge is 0.486 e. The zero-order valence-electron chi connectivity index (χ0n) is 24.1. The van der Waals surface area contributed by atoms with E-state index in [-0.39, 0.29) is 42.2 Å². The minimum absolute atomic E-state index is 0.187. The highest BCUT2D eigenvalue weighted by atomic mass is 16.6. The number of amides is 4. The third kappa shape index (κ3) is 8.16. The van der Waals surface area contributed by atoms with E-state index in [0.29, 0.717) is 11.7 Å². The molecule has 0 spiro atoms. The van der Waals surface area contributed by atoms with Gasteiger partial charge in [0.2, 0.25) is 11.8 Å². The topological polar surface area (TPSA) is 139 Å². The molecular formula is C29H43N5O6. The second-order valence-corrected chi connectivity index (χ2v) is 12.4. The van der Waals surface area contributed by atoms with Gasteiger partial charge in [-0.15, -0.1) is 0 Å². The molecule has 0 aromatic carbocycles. The number of carbonyl (C=O) groups excluding carboxylic acids is 4. The smallest absolute Gasteiger partial charge is 0.410 e. The van der Waals surface area contributed by atoms with Crippen molar-refractivity contribution in [2.24, 2.45) is 5.92 Å². The number of carbonyl (C=O) groups is 4. The average molecular weight is 558 g/mol. The van der Waals surface area contributed by atoms with E-state index in [1.165, 1.54) is 0 Å². The van der Waals surface area contributed by atoms with Gasteiger partial charge in [-0.3, -0.25) is 19.7 Å². The minimum Gasteiger partial charge on any atom is -0.486 e. The number of hydrogen-bond donors (Lipinski definition) is 3. The molecule has 3 heterocycles. The van der Waals surface area contributed by atoms with Gasteiger partial charge in [-0.1, -0.05) is 0 Å². The van der Waals surface area contributed by atoms with Gasteiger partial charge in [0.1, 0.15) is 28.7 Å². The van der Waals surface area contributed by atoms with Crippen molar-refractivity contribution >= 4 is 23.8 Å². The van der Waals surface area contributed by atoms with Gasteiger partial charge in [0.15, 0.2) is 0 Å². The molecule has 1 saturated carbocycles. The molecule has 11 heteroatoms. The van der Waals surface area contributed by atoms with Crippen LogP contribution in [0.1, 0.15) is 89.5 Å². The van der Waals surface area contributed by atoms with Crippen LogP contribution in [0.4, 0.5) is 4.79 Å². The first-order chi connectivity index (χ1) is 18.9. The molecule has 11 nitrogen and oxygen atoms in total. The maximum absolute atomic E-state index is 12.5. The van der Waals surface area contributed by atoms with Crippen LogP contribution in [0.15, 0.2) is 18.3 Å². The predicted molar refractivity (Wildman–Crippen MR) is 148 cm³/mol. The summed E-state index contributed by atoms with van der Waals surface area (Å²) >= 11 is 0. The lowest BCUT2D eigenvalue weighted by Crippen LogP contribution is -2.52. The molecule has 0 radical (unpaired) electrons. The zero-order valence-corrected chi connectivity index (χ0v) is 24.1. The Morgan fingerprint density at radius 1 is 1.18 bits per heavy atom. The average Bonchev–Trinajstić information content (AvgIpc) is 2.87. The number of aromatic nitrogens is 1. The van der Waals surface area contributed by atoms with Gasteiger partial charge < -0.3 is 25.0 Å². The van der Waals surface area contributed by atoms with E-state index in [2.05, 4.69) is 27.9 Å². The van der Waals surface area contributed by atoms with E-state index in [1.54, 1.807) is 23.2 Å². The Hall–Kier alpha value is -3.21. The van der Waals surface area contributed by atoms with Gasteiger partial charge in [0.05, 0.1) is 6.20 Å². The molecule has 1 aromatic rings. The standard InChI is InChI=1S/C29H43N5O6/c1-19(30-17-20-10-14-34(15-11-20)27(38)40-28(2,3)4)16-29(12-5-13-29)39-21-6-7-22(31-18-21)25(36)32-23-8-9-24(35)33-26(23)37/h6-7,18-20,23,30H,5,8-17H2,1-4H3,(H,32,36)(H,33,35,37). The number of rotatable bonds is 9. The first-order valence-corrected chi connectivity index (χ1v) is 14.4. The highest BCUT2D eigenvalue weighted by Crippen LogP contribution is 2.40. The van der Waals surface area contributed by atoms with Gasteiger partial charge in [-0.05, 0) is 90.8 Å². The summed E-state index contributed by atoms with van der Waals surface area (Å²) in [6, 6.07) is 2.85. The van der Waals surface area contributed by atoms with Crippen molar-refractivity contribution in [3.05, 3.63) is 24.0 Å². The quantitative estimate of drug-likeness (QED) is 0.394. The molecule has 1 aromatic heterocycles. The van der Waals surface area contributed by atoms with Crippen LogP contribution in [0.2, 0.25) is 0 Å². The number of hydrogen-bond acceptors (Lipinski definition) is 8. The van der Waals surface area contributed by atoms with Crippen molar-refractivity contribution in [1.29, 1.82) is 0 Å². The maximum Gasteiger partial charge on any atom is 0.410 e. The van der Waals surface area contributed by atoms with Gasteiger partial charge >= 0.3 is 6.09 Å². The van der Waals surface area contributed by atoms with Gasteiger partial charge in [0.25, 0.3) is 5.91 Å². The first kappa shape index (κ1) is 29.8. The van der Waals surface area contributed by atoms with Crippen LogP contribution in [-0.2, 0) is 14.3 Å². The zero-order chi connectivity index (χ0) is 28.9. The third-order valence-corrected chi connectivity index (χ3v) is 7.81. The molecule has 2 atom stereocenters. The van der Waals surface area contributed by atoms with Crippen LogP contribution in [0.3, 0.4) is 0 Å². The Morgan fingerprint density at radius 3 is 2.48 bits per heavy atom. The second kappa shape index (κ2) is 12.5. The lowest BCUT2D eigenvalue weighted by Gasteiger charge is -2.44. The molecule has 4 rings (SSSR count). The van der Waals surface area contributed by atoms with E-state index in [1.807, 2.05) is 20.8 Å². The summed E-state index contributed by atoms with van der Waals surface area (Å²) in [5.41, 5.74) is -0.549. The molecule has 3 aliphatic rings. The van der Waals surface area contributed by atoms with Gasteiger partial charge in [0, 0.05) is 32.0 Å². The number of nitrogens with one attached hydrogen (secondary N) is 3. The lowest BCUT2D eigenvalue weighted by atomic mass is 9.75. The van der Waals surface area contributed by atoms with Crippen LogP contribution in [-0.4, -0.2) is 76.6 Å². The molecule has 220 valence electrons. The normalized spacial score (nSPS) is 22.1.